The molecule has 0 saturated carbocycles. The second-order valence-corrected chi connectivity index (χ2v) is 4.65. The van der Waals surface area contributed by atoms with Crippen LogP contribution in [-0.2, 0) is 0 Å². The molecule has 3 aromatic rings. The molecule has 0 fully saturated rings. The monoisotopic (exact) mass is 271 g/mol. The molecule has 0 aliphatic heterocycles. The van der Waals surface area contributed by atoms with Crippen LogP contribution in [0.5, 0.6) is 0 Å². The lowest BCUT2D eigenvalue weighted by Gasteiger charge is -2.06. The highest BCUT2D eigenvalue weighted by atomic mass is 35.5. The van der Waals surface area contributed by atoms with Crippen molar-refractivity contribution in [2.45, 2.75) is 0 Å². The van der Waals surface area contributed by atoms with E-state index in [2.05, 4.69) is 0 Å². The Labute approximate surface area is 114 Å². The lowest BCUT2D eigenvalue weighted by Crippen LogP contribution is -2.04. The molecule has 3 rings (SSSR count). The Kier molecular flexibility index (Phi) is 2.76. The second kappa shape index (κ2) is 4.44. The van der Waals surface area contributed by atoms with Gasteiger partial charge in [0.25, 0.3) is 0 Å². The maximum atomic E-state index is 12.0. The number of halogens is 1. The van der Waals surface area contributed by atoms with Crippen LogP contribution in [0.4, 0.5) is 5.69 Å². The van der Waals surface area contributed by atoms with Gasteiger partial charge in [0.15, 0.2) is 0 Å². The summed E-state index contributed by atoms with van der Waals surface area (Å²) in [6.45, 7) is 0. The van der Waals surface area contributed by atoms with Gasteiger partial charge in [0.1, 0.15) is 5.58 Å². The third-order valence-corrected chi connectivity index (χ3v) is 3.18. The first-order chi connectivity index (χ1) is 9.15. The molecule has 0 unspecified atom stereocenters. The van der Waals surface area contributed by atoms with Gasteiger partial charge in [0.2, 0.25) is 0 Å². The number of nitrogens with two attached hydrogens (primary N) is 1. The van der Waals surface area contributed by atoms with Crippen molar-refractivity contribution in [1.82, 2.24) is 0 Å². The Morgan fingerprint density at radius 3 is 2.58 bits per heavy atom. The van der Waals surface area contributed by atoms with Crippen molar-refractivity contribution in [1.29, 1.82) is 0 Å². The zero-order valence-corrected chi connectivity index (χ0v) is 10.6. The maximum Gasteiger partial charge on any atom is 0.344 e. The molecule has 1 aromatic heterocycles. The maximum absolute atomic E-state index is 12.0. The highest BCUT2D eigenvalue weighted by molar-refractivity contribution is 6.31. The van der Waals surface area contributed by atoms with Crippen LogP contribution in [0.15, 0.2) is 57.7 Å². The van der Waals surface area contributed by atoms with E-state index < -0.39 is 5.63 Å². The van der Waals surface area contributed by atoms with Crippen LogP contribution < -0.4 is 11.4 Å². The minimum atomic E-state index is -0.410. The van der Waals surface area contributed by atoms with E-state index in [1.165, 1.54) is 0 Å². The zero-order valence-electron chi connectivity index (χ0n) is 9.89. The zero-order chi connectivity index (χ0) is 13.4. The third-order valence-electron chi connectivity index (χ3n) is 2.95. The van der Waals surface area contributed by atoms with Gasteiger partial charge in [-0.1, -0.05) is 35.9 Å². The number of rotatable bonds is 1. The molecule has 0 aliphatic carbocycles. The van der Waals surface area contributed by atoms with Crippen molar-refractivity contribution >= 4 is 28.3 Å². The van der Waals surface area contributed by atoms with Gasteiger partial charge in [-0.2, -0.15) is 0 Å². The number of benzene rings is 2. The van der Waals surface area contributed by atoms with Crippen molar-refractivity contribution in [3.8, 4) is 11.1 Å². The van der Waals surface area contributed by atoms with Gasteiger partial charge in [0, 0.05) is 21.7 Å². The van der Waals surface area contributed by atoms with Crippen molar-refractivity contribution in [2.24, 2.45) is 0 Å². The molecule has 94 valence electrons. The largest absolute Gasteiger partial charge is 0.422 e. The molecule has 0 amide bonds. The number of hydrogen-bond acceptors (Lipinski definition) is 3. The molecule has 3 nitrogen and oxygen atoms in total. The summed E-state index contributed by atoms with van der Waals surface area (Å²) in [5, 5.41) is 1.39. The number of anilines is 1. The summed E-state index contributed by atoms with van der Waals surface area (Å²) in [7, 11) is 0. The van der Waals surface area contributed by atoms with Crippen molar-refractivity contribution < 1.29 is 4.42 Å². The molecule has 2 N–H and O–H groups in total. The fourth-order valence-electron chi connectivity index (χ4n) is 2.03. The Balaban J connectivity index is 2.30. The van der Waals surface area contributed by atoms with E-state index in [1.807, 2.05) is 18.2 Å². The summed E-state index contributed by atoms with van der Waals surface area (Å²) in [5.41, 5.74) is 7.57. The summed E-state index contributed by atoms with van der Waals surface area (Å²) < 4.78 is 5.29. The van der Waals surface area contributed by atoms with Gasteiger partial charge >= 0.3 is 5.63 Å². The van der Waals surface area contributed by atoms with Crippen molar-refractivity contribution in [3.63, 3.8) is 0 Å². The lowest BCUT2D eigenvalue weighted by molar-refractivity contribution is 0.563. The highest BCUT2D eigenvalue weighted by Gasteiger charge is 2.10. The summed E-state index contributed by atoms with van der Waals surface area (Å²) in [4.78, 5) is 12.0. The SMILES string of the molecule is Nc1cc(Cl)ccc1-c1cc2ccccc2oc1=O. The van der Waals surface area contributed by atoms with Gasteiger partial charge in [-0.05, 0) is 24.3 Å². The van der Waals surface area contributed by atoms with Crippen LogP contribution >= 0.6 is 11.6 Å². The first kappa shape index (κ1) is 11.8. The average Bonchev–Trinajstić information content (AvgIpc) is 2.38. The van der Waals surface area contributed by atoms with Crippen LogP contribution in [-0.4, -0.2) is 0 Å². The second-order valence-electron chi connectivity index (χ2n) is 4.22. The smallest absolute Gasteiger partial charge is 0.344 e. The molecule has 0 bridgehead atoms. The van der Waals surface area contributed by atoms with Crippen LogP contribution in [0.1, 0.15) is 0 Å². The predicted octanol–water partition coefficient (Wildman–Crippen LogP) is 3.70. The van der Waals surface area contributed by atoms with Gasteiger partial charge in [-0.15, -0.1) is 0 Å². The van der Waals surface area contributed by atoms with Crippen LogP contribution in [0.25, 0.3) is 22.1 Å². The lowest BCUT2D eigenvalue weighted by atomic mass is 10.0. The fourth-order valence-corrected chi connectivity index (χ4v) is 2.21. The molecule has 19 heavy (non-hydrogen) atoms. The molecule has 0 spiro atoms. The van der Waals surface area contributed by atoms with Gasteiger partial charge in [-0.3, -0.25) is 0 Å². The summed E-state index contributed by atoms with van der Waals surface area (Å²) >= 11 is 5.86. The van der Waals surface area contributed by atoms with Crippen LogP contribution in [0.2, 0.25) is 5.02 Å². The van der Waals surface area contributed by atoms with E-state index >= 15 is 0 Å². The molecular formula is C15H10ClNO2. The molecule has 0 saturated heterocycles. The average molecular weight is 272 g/mol. The molecule has 0 atom stereocenters. The number of hydrogen-bond donors (Lipinski definition) is 1. The van der Waals surface area contributed by atoms with Crippen molar-refractivity contribution in [3.05, 3.63) is 64.0 Å². The first-order valence-corrected chi connectivity index (χ1v) is 6.11. The Bertz CT molecular complexity index is 824. The van der Waals surface area contributed by atoms with E-state index in [1.54, 1.807) is 30.3 Å². The summed E-state index contributed by atoms with van der Waals surface area (Å²) in [5.74, 6) is 0. The van der Waals surface area contributed by atoms with Gasteiger partial charge < -0.3 is 10.2 Å². The molecule has 2 aromatic carbocycles. The predicted molar refractivity (Wildman–Crippen MR) is 77.3 cm³/mol. The molecule has 1 heterocycles. The normalized spacial score (nSPS) is 10.8. The van der Waals surface area contributed by atoms with E-state index in [4.69, 9.17) is 21.8 Å². The Hall–Kier alpha value is -2.26. The number of para-hydroxylation sites is 1. The fraction of sp³-hybridized carbons (Fsp3) is 0. The molecule has 0 aliphatic rings. The van der Waals surface area contributed by atoms with Crippen LogP contribution in [0, 0.1) is 0 Å². The van der Waals surface area contributed by atoms with E-state index in [-0.39, 0.29) is 0 Å². The summed E-state index contributed by atoms with van der Waals surface area (Å²) in [6.07, 6.45) is 0. The van der Waals surface area contributed by atoms with Gasteiger partial charge in [0.05, 0.1) is 5.56 Å². The Morgan fingerprint density at radius 1 is 1.00 bits per heavy atom. The molecule has 0 radical (unpaired) electrons. The van der Waals surface area contributed by atoms with Crippen molar-refractivity contribution in [2.75, 3.05) is 5.73 Å². The summed E-state index contributed by atoms with van der Waals surface area (Å²) in [6, 6.07) is 14.2. The topological polar surface area (TPSA) is 56.2 Å². The number of fused-ring (bicyclic) bond motifs is 1. The van der Waals surface area contributed by atoms with Crippen LogP contribution in [0.3, 0.4) is 0 Å². The first-order valence-electron chi connectivity index (χ1n) is 5.73. The molecule has 4 heteroatoms. The molecular weight excluding hydrogens is 262 g/mol. The van der Waals surface area contributed by atoms with E-state index in [0.29, 0.717) is 27.4 Å². The quantitative estimate of drug-likeness (QED) is 0.542. The van der Waals surface area contributed by atoms with E-state index in [9.17, 15) is 4.79 Å². The van der Waals surface area contributed by atoms with E-state index in [0.717, 1.165) is 5.39 Å². The third kappa shape index (κ3) is 2.09. The van der Waals surface area contributed by atoms with Gasteiger partial charge in [-0.25, -0.2) is 4.79 Å². The Morgan fingerprint density at radius 2 is 1.79 bits per heavy atom. The highest BCUT2D eigenvalue weighted by Crippen LogP contribution is 2.28. The minimum Gasteiger partial charge on any atom is -0.422 e. The standard InChI is InChI=1S/C15H10ClNO2/c16-10-5-6-11(13(17)8-10)12-7-9-3-1-2-4-14(9)19-15(12)18/h1-8H,17H2. The minimum absolute atomic E-state index is 0.410. The number of nitrogen functional groups attached to an aromatic ring is 1.